The average molecular weight is 295 g/mol. The molecule has 2 rings (SSSR count). The van der Waals surface area contributed by atoms with Gasteiger partial charge in [0, 0.05) is 24.5 Å². The number of carbonyl (C=O) groups is 1. The topological polar surface area (TPSA) is 133 Å². The molecule has 1 amide bonds. The summed E-state index contributed by atoms with van der Waals surface area (Å²) >= 11 is 0. The van der Waals surface area contributed by atoms with E-state index in [0.717, 1.165) is 0 Å². The highest BCUT2D eigenvalue weighted by Crippen LogP contribution is 2.20. The number of nitrogens with two attached hydrogens (primary N) is 2. The third-order valence-electron chi connectivity index (χ3n) is 2.51. The molecular formula is C11H13N5O3S. The van der Waals surface area contributed by atoms with Crippen molar-refractivity contribution < 1.29 is 13.2 Å². The van der Waals surface area contributed by atoms with Gasteiger partial charge in [-0.1, -0.05) is 6.07 Å². The molecule has 1 aromatic carbocycles. The minimum absolute atomic E-state index is 0.106. The molecule has 0 aliphatic rings. The highest BCUT2D eigenvalue weighted by atomic mass is 32.2. The third kappa shape index (κ3) is 2.72. The molecule has 5 N–H and O–H groups in total. The van der Waals surface area contributed by atoms with E-state index in [0.29, 0.717) is 0 Å². The van der Waals surface area contributed by atoms with Gasteiger partial charge in [-0.25, -0.2) is 8.42 Å². The van der Waals surface area contributed by atoms with Gasteiger partial charge in [0.25, 0.3) is 10.0 Å². The predicted molar refractivity (Wildman–Crippen MR) is 73.4 cm³/mol. The molecule has 1 aromatic heterocycles. The zero-order valence-corrected chi connectivity index (χ0v) is 11.4. The minimum atomic E-state index is -3.88. The van der Waals surface area contributed by atoms with Gasteiger partial charge in [-0.15, -0.1) is 0 Å². The average Bonchev–Trinajstić information content (AvgIpc) is 2.69. The Kier molecular flexibility index (Phi) is 3.36. The lowest BCUT2D eigenvalue weighted by atomic mass is 10.2. The smallest absolute Gasteiger partial charge is 0.267 e. The number of aromatic nitrogens is 2. The second-order valence-corrected chi connectivity index (χ2v) is 5.75. The molecule has 0 aliphatic carbocycles. The standard InChI is InChI=1S/C11H13N5O3S/c1-16-6-9(10(12)14-16)20(18,19)15-8-4-2-3-7(5-8)11(13)17/h2-6,15H,1H3,(H2,12,14)(H2,13,17). The second kappa shape index (κ2) is 4.85. The molecule has 0 bridgehead atoms. The summed E-state index contributed by atoms with van der Waals surface area (Å²) in [6, 6.07) is 5.84. The van der Waals surface area contributed by atoms with Gasteiger partial charge in [-0.2, -0.15) is 5.10 Å². The van der Waals surface area contributed by atoms with Crippen LogP contribution in [0.3, 0.4) is 0 Å². The van der Waals surface area contributed by atoms with Crippen molar-refractivity contribution in [1.29, 1.82) is 0 Å². The van der Waals surface area contributed by atoms with Crippen LogP contribution in [0.15, 0.2) is 35.4 Å². The highest BCUT2D eigenvalue weighted by molar-refractivity contribution is 7.92. The van der Waals surface area contributed by atoms with Gasteiger partial charge < -0.3 is 11.5 Å². The van der Waals surface area contributed by atoms with Crippen molar-refractivity contribution in [3.8, 4) is 0 Å². The number of carbonyl (C=O) groups excluding carboxylic acids is 1. The van der Waals surface area contributed by atoms with Gasteiger partial charge >= 0.3 is 0 Å². The second-order valence-electron chi connectivity index (χ2n) is 4.10. The molecule has 9 heteroatoms. The first kappa shape index (κ1) is 13.9. The Morgan fingerprint density at radius 1 is 1.40 bits per heavy atom. The summed E-state index contributed by atoms with van der Waals surface area (Å²) in [5, 5.41) is 3.77. The number of amides is 1. The van der Waals surface area contributed by atoms with Crippen LogP contribution in [0.25, 0.3) is 0 Å². The van der Waals surface area contributed by atoms with Crippen LogP contribution in [-0.4, -0.2) is 24.1 Å². The molecule has 0 saturated heterocycles. The molecule has 0 unspecified atom stereocenters. The Balaban J connectivity index is 2.36. The van der Waals surface area contributed by atoms with E-state index >= 15 is 0 Å². The van der Waals surface area contributed by atoms with Gasteiger partial charge in [-0.05, 0) is 18.2 Å². The number of hydrogen-bond acceptors (Lipinski definition) is 5. The number of nitrogen functional groups attached to an aromatic ring is 1. The fraction of sp³-hybridized carbons (Fsp3) is 0.0909. The molecule has 0 saturated carbocycles. The molecule has 20 heavy (non-hydrogen) atoms. The van der Waals surface area contributed by atoms with E-state index in [4.69, 9.17) is 11.5 Å². The van der Waals surface area contributed by atoms with Crippen LogP contribution in [0.2, 0.25) is 0 Å². The van der Waals surface area contributed by atoms with Crippen molar-refractivity contribution >= 4 is 27.4 Å². The number of hydrogen-bond donors (Lipinski definition) is 3. The number of nitrogens with one attached hydrogen (secondary N) is 1. The summed E-state index contributed by atoms with van der Waals surface area (Å²) in [5.74, 6) is -0.752. The Morgan fingerprint density at radius 2 is 2.10 bits per heavy atom. The van der Waals surface area contributed by atoms with Gasteiger partial charge in [0.1, 0.15) is 4.90 Å². The highest BCUT2D eigenvalue weighted by Gasteiger charge is 2.20. The van der Waals surface area contributed by atoms with Crippen molar-refractivity contribution in [1.82, 2.24) is 9.78 Å². The van der Waals surface area contributed by atoms with Crippen molar-refractivity contribution in [2.24, 2.45) is 12.8 Å². The largest absolute Gasteiger partial charge is 0.381 e. The molecule has 2 aromatic rings. The van der Waals surface area contributed by atoms with E-state index in [2.05, 4.69) is 9.82 Å². The molecule has 0 fully saturated rings. The predicted octanol–water partition coefficient (Wildman–Crippen LogP) is -0.0980. The van der Waals surface area contributed by atoms with Crippen molar-refractivity contribution in [2.75, 3.05) is 10.5 Å². The minimum Gasteiger partial charge on any atom is -0.381 e. The zero-order chi connectivity index (χ0) is 14.9. The van der Waals surface area contributed by atoms with Crippen LogP contribution in [0.1, 0.15) is 10.4 Å². The first-order valence-corrected chi connectivity index (χ1v) is 7.00. The first-order chi connectivity index (χ1) is 9.29. The molecule has 1 heterocycles. The fourth-order valence-corrected chi connectivity index (χ4v) is 2.79. The number of primary amides is 1. The van der Waals surface area contributed by atoms with Crippen molar-refractivity contribution in [2.45, 2.75) is 4.90 Å². The van der Waals surface area contributed by atoms with Crippen molar-refractivity contribution in [3.63, 3.8) is 0 Å². The fourth-order valence-electron chi connectivity index (χ4n) is 1.64. The number of rotatable bonds is 4. The maximum atomic E-state index is 12.2. The van der Waals surface area contributed by atoms with Gasteiger partial charge in [-0.3, -0.25) is 14.2 Å². The zero-order valence-electron chi connectivity index (χ0n) is 10.6. The molecule has 106 valence electrons. The monoisotopic (exact) mass is 295 g/mol. The van der Waals surface area contributed by atoms with E-state index in [-0.39, 0.29) is 22.0 Å². The maximum Gasteiger partial charge on any atom is 0.267 e. The van der Waals surface area contributed by atoms with E-state index in [1.807, 2.05) is 0 Å². The summed E-state index contributed by atoms with van der Waals surface area (Å²) < 4.78 is 27.9. The lowest BCUT2D eigenvalue weighted by Crippen LogP contribution is -2.15. The van der Waals surface area contributed by atoms with Crippen LogP contribution in [0, 0.1) is 0 Å². The van der Waals surface area contributed by atoms with Gasteiger partial charge in [0.15, 0.2) is 5.82 Å². The van der Waals surface area contributed by atoms with E-state index in [9.17, 15) is 13.2 Å². The van der Waals surface area contributed by atoms with Crippen LogP contribution < -0.4 is 16.2 Å². The molecular weight excluding hydrogens is 282 g/mol. The summed E-state index contributed by atoms with van der Waals surface area (Å²) in [6.07, 6.45) is 1.29. The van der Waals surface area contributed by atoms with Crippen LogP contribution in [-0.2, 0) is 17.1 Å². The first-order valence-electron chi connectivity index (χ1n) is 5.51. The normalized spacial score (nSPS) is 11.2. The third-order valence-corrected chi connectivity index (χ3v) is 3.91. The lowest BCUT2D eigenvalue weighted by Gasteiger charge is -2.07. The number of aryl methyl sites for hydroxylation is 1. The van der Waals surface area contributed by atoms with Crippen LogP contribution >= 0.6 is 0 Å². The summed E-state index contributed by atoms with van der Waals surface area (Å²) in [4.78, 5) is 10.9. The quantitative estimate of drug-likeness (QED) is 0.724. The number of sulfonamides is 1. The summed E-state index contributed by atoms with van der Waals surface area (Å²) in [7, 11) is -2.32. The number of anilines is 2. The van der Waals surface area contributed by atoms with Crippen LogP contribution in [0.4, 0.5) is 11.5 Å². The van der Waals surface area contributed by atoms with E-state index in [1.165, 1.54) is 35.1 Å². The molecule has 0 aliphatic heterocycles. The maximum absolute atomic E-state index is 12.2. The van der Waals surface area contributed by atoms with Crippen molar-refractivity contribution in [3.05, 3.63) is 36.0 Å². The van der Waals surface area contributed by atoms with Gasteiger partial charge in [0.05, 0.1) is 0 Å². The molecule has 0 spiro atoms. The molecule has 0 radical (unpaired) electrons. The SMILES string of the molecule is Cn1cc(S(=O)(=O)Nc2cccc(C(N)=O)c2)c(N)n1. The summed E-state index contributed by atoms with van der Waals surface area (Å²) in [5.41, 5.74) is 11.1. The summed E-state index contributed by atoms with van der Waals surface area (Å²) in [6.45, 7) is 0. The Morgan fingerprint density at radius 3 is 2.65 bits per heavy atom. The van der Waals surface area contributed by atoms with Crippen LogP contribution in [0.5, 0.6) is 0 Å². The Hall–Kier alpha value is -2.55. The Labute approximate surface area is 115 Å². The number of nitrogens with zero attached hydrogens (tertiary/aromatic N) is 2. The van der Waals surface area contributed by atoms with Gasteiger partial charge in [0.2, 0.25) is 5.91 Å². The Bertz CT molecular complexity index is 766. The van der Waals surface area contributed by atoms with E-state index < -0.39 is 15.9 Å². The van der Waals surface area contributed by atoms with E-state index in [1.54, 1.807) is 7.05 Å². The lowest BCUT2D eigenvalue weighted by molar-refractivity contribution is 0.100. The molecule has 8 nitrogen and oxygen atoms in total. The number of benzene rings is 1. The molecule has 0 atom stereocenters.